The van der Waals surface area contributed by atoms with Crippen molar-refractivity contribution in [3.8, 4) is 39.3 Å². The topological polar surface area (TPSA) is 24.5 Å². The third-order valence-corrected chi connectivity index (χ3v) is 30.2. The SMILES string of the molecule is CC1(C)c2ccccc2-c2cc(-n3c4ccccc4c4ccc(N(c5ccccc5)c5cccc6c7ccccc7c7ccccc7c56)cc43)ccc21.[2H]c1c([2H])c([2H])c(-n2c3ccccc3c3ccc(N(c4ccccc4)c4cccc5c6ccccc6c6ccccc6c45)cc32)c([2H])c1[2H].[2H]c1c([2H])c([2H])c(N(c2ccc3c4ccccc4n(-c4ccc(-c5ccccc5)cc4)c3c2)c2cccc3c4ccccc4c4ccccc4c23)c([2H])c1[2H]. The van der Waals surface area contributed by atoms with Crippen LogP contribution in [-0.2, 0) is 5.41 Å². The first-order valence-corrected chi connectivity index (χ1v) is 50.0. The van der Waals surface area contributed by atoms with Gasteiger partial charge in [-0.2, -0.15) is 0 Å². The Bertz CT molecular complexity index is 10800. The Hall–Kier alpha value is -19.1. The van der Waals surface area contributed by atoms with E-state index in [1.54, 1.807) is 0 Å². The summed E-state index contributed by atoms with van der Waals surface area (Å²) in [5.74, 6) is 0. The van der Waals surface area contributed by atoms with E-state index >= 15 is 0 Å². The Morgan fingerprint density at radius 1 is 0.177 bits per heavy atom. The van der Waals surface area contributed by atoms with Gasteiger partial charge in [-0.05, 0) is 260 Å². The molecule has 0 bridgehead atoms. The third kappa shape index (κ3) is 14.1. The fraction of sp³-hybridized carbons (Fsp3) is 0.0213. The van der Waals surface area contributed by atoms with Crippen LogP contribution in [0.2, 0.25) is 0 Å². The molecule has 0 radical (unpaired) electrons. The summed E-state index contributed by atoms with van der Waals surface area (Å²) in [6.45, 7) is 4.70. The minimum Gasteiger partial charge on any atom is -0.310 e. The molecule has 29 aromatic rings. The second kappa shape index (κ2) is 35.2. The van der Waals surface area contributed by atoms with E-state index in [-0.39, 0.29) is 65.1 Å². The molecule has 0 aliphatic heterocycles. The van der Waals surface area contributed by atoms with E-state index in [1.165, 1.54) is 98.2 Å². The van der Waals surface area contributed by atoms with Gasteiger partial charge in [-0.1, -0.05) is 414 Å². The Labute approximate surface area is 865 Å². The Balaban J connectivity index is 0.000000112. The normalized spacial score (nSPS) is 13.2. The first-order chi connectivity index (χ1) is 76.9. The van der Waals surface area contributed by atoms with E-state index in [0.29, 0.717) is 11.4 Å². The van der Waals surface area contributed by atoms with Crippen molar-refractivity contribution in [1.29, 1.82) is 0 Å². The molecule has 0 saturated carbocycles. The van der Waals surface area contributed by atoms with Crippen LogP contribution in [0.4, 0.5) is 51.2 Å². The molecule has 0 amide bonds. The van der Waals surface area contributed by atoms with Crippen molar-refractivity contribution in [1.82, 2.24) is 13.7 Å². The maximum absolute atomic E-state index is 9.27. The minimum atomic E-state index is -0.428. The predicted molar refractivity (Wildman–Crippen MR) is 627 cm³/mol. The molecule has 30 rings (SSSR count). The molecule has 0 N–H and O–H groups in total. The van der Waals surface area contributed by atoms with Crippen LogP contribution in [0.3, 0.4) is 0 Å². The van der Waals surface area contributed by atoms with Gasteiger partial charge < -0.3 is 28.4 Å². The molecule has 0 atom stereocenters. The predicted octanol–water partition coefficient (Wildman–Crippen LogP) is 39.1. The summed E-state index contributed by atoms with van der Waals surface area (Å²) < 4.78 is 94.0. The molecule has 147 heavy (non-hydrogen) atoms. The zero-order valence-electron chi connectivity index (χ0n) is 90.4. The van der Waals surface area contributed by atoms with Gasteiger partial charge in [-0.3, -0.25) is 0 Å². The van der Waals surface area contributed by atoms with Crippen molar-refractivity contribution in [2.24, 2.45) is 0 Å². The average molecular weight is 1880 g/mol. The molecular formula is C141H96N6. The lowest BCUT2D eigenvalue weighted by atomic mass is 9.82. The van der Waals surface area contributed by atoms with E-state index in [2.05, 4.69) is 403 Å². The van der Waals surface area contributed by atoms with Gasteiger partial charge in [0.05, 0.1) is 63.9 Å². The average Bonchev–Trinajstić information content (AvgIpc) is 1.71. The molecule has 690 valence electrons. The quantitative estimate of drug-likeness (QED) is 0.108. The van der Waals surface area contributed by atoms with Gasteiger partial charge in [0, 0.05) is 105 Å². The van der Waals surface area contributed by atoms with Gasteiger partial charge >= 0.3 is 0 Å². The van der Waals surface area contributed by atoms with Crippen LogP contribution in [0, 0.1) is 0 Å². The fourth-order valence-electron chi connectivity index (χ4n) is 23.8. The van der Waals surface area contributed by atoms with Crippen molar-refractivity contribution in [3.63, 3.8) is 0 Å². The zero-order valence-corrected chi connectivity index (χ0v) is 80.4. The van der Waals surface area contributed by atoms with Gasteiger partial charge in [0.2, 0.25) is 0 Å². The molecule has 0 fully saturated rings. The van der Waals surface area contributed by atoms with Crippen LogP contribution in [0.5, 0.6) is 0 Å². The van der Waals surface area contributed by atoms with Gasteiger partial charge in [0.1, 0.15) is 0 Å². The van der Waals surface area contributed by atoms with Crippen molar-refractivity contribution in [3.05, 3.63) is 557 Å². The smallest absolute Gasteiger partial charge is 0.0645 e. The summed E-state index contributed by atoms with van der Waals surface area (Å²) in [5.41, 5.74) is 23.5. The highest BCUT2D eigenvalue weighted by molar-refractivity contribution is 6.32. The van der Waals surface area contributed by atoms with Crippen LogP contribution in [-0.4, -0.2) is 13.7 Å². The van der Waals surface area contributed by atoms with Crippen LogP contribution >= 0.6 is 0 Å². The minimum absolute atomic E-state index is 0.0391. The number of rotatable bonds is 13. The van der Waals surface area contributed by atoms with Crippen molar-refractivity contribution in [2.45, 2.75) is 19.3 Å². The molecule has 0 saturated heterocycles. The molecular weight excluding hydrogens is 1780 g/mol. The molecule has 6 nitrogen and oxygen atoms in total. The number of hydrogen-bond donors (Lipinski definition) is 0. The van der Waals surface area contributed by atoms with Crippen LogP contribution in [0.25, 0.3) is 202 Å². The number of nitrogens with zero attached hydrogens (tertiary/aromatic N) is 6. The number of fused-ring (bicyclic) bond motifs is 30. The Kier molecular flexibility index (Phi) is 18.1. The zero-order chi connectivity index (χ0) is 106. The molecule has 1 aliphatic rings. The molecule has 1 aliphatic carbocycles. The monoisotopic (exact) mass is 1880 g/mol. The van der Waals surface area contributed by atoms with Crippen molar-refractivity contribution >= 4 is 214 Å². The van der Waals surface area contributed by atoms with E-state index in [4.69, 9.17) is 11.0 Å². The number of aromatic nitrogens is 3. The highest BCUT2D eigenvalue weighted by Gasteiger charge is 2.36. The van der Waals surface area contributed by atoms with E-state index < -0.39 is 12.1 Å². The fourth-order valence-corrected chi connectivity index (χ4v) is 23.8. The summed E-state index contributed by atoms with van der Waals surface area (Å²) >= 11 is 0. The van der Waals surface area contributed by atoms with Gasteiger partial charge in [0.15, 0.2) is 0 Å². The van der Waals surface area contributed by atoms with Gasteiger partial charge in [-0.25, -0.2) is 0 Å². The number of para-hydroxylation sites is 7. The molecule has 26 aromatic carbocycles. The number of anilines is 9. The summed E-state index contributed by atoms with van der Waals surface area (Å²) in [6, 6.07) is 168. The molecule has 6 heteroatoms. The molecule has 0 spiro atoms. The lowest BCUT2D eigenvalue weighted by Crippen LogP contribution is -2.14. The summed E-state index contributed by atoms with van der Waals surface area (Å²) in [4.78, 5) is 6.57. The lowest BCUT2D eigenvalue weighted by Gasteiger charge is -2.28. The largest absolute Gasteiger partial charge is 0.310 e. The lowest BCUT2D eigenvalue weighted by molar-refractivity contribution is 0.660. The highest BCUT2D eigenvalue weighted by atomic mass is 15.2. The standard InChI is InChI=1S/C51H36N2.C48H32N2.C42H28N2/c1-51(2)45-24-12-10-20-39(45)44-31-34(28-30-46(44)51)53-47-25-13-11-21-40(47)41-29-27-35(32-49(41)53)52(33-15-4-3-5-16-33)48-26-14-23-43-38-18-7-6-17-36(38)37-19-8-9-22-42(37)50(43)48;1-3-14-33(15-4-1)34-26-28-36(29-27-34)50-45-24-12-11-21-41(45)42-31-30-37(32-47(42)50)49(35-16-5-2-6-17-35)46-25-13-23-44-40-19-8-7-18-38(40)39-20-9-10-22-43(39)48(44)46;1-3-14-29(15-4-1)43(40-25-13-23-38-34-19-8-7-18-32(34)33-20-9-10-22-37(33)42(38)40)31-26-27-36-35-21-11-12-24-39(35)44(41(36)28-31)30-16-5-2-6-17-30/h3-32H,1-2H3;1-32H;1-28H/i;2*2D,5D,6D,16D,17D. The molecule has 3 heterocycles. The Morgan fingerprint density at radius 2 is 0.456 bits per heavy atom. The van der Waals surface area contributed by atoms with Crippen molar-refractivity contribution in [2.75, 3.05) is 14.7 Å². The summed E-state index contributed by atoms with van der Waals surface area (Å²) in [7, 11) is 0. The van der Waals surface area contributed by atoms with E-state index in [0.717, 1.165) is 143 Å². The number of hydrogen-bond acceptors (Lipinski definition) is 3. The second-order valence-electron chi connectivity index (χ2n) is 38.5. The number of benzene rings is 26. The van der Waals surface area contributed by atoms with Crippen LogP contribution in [0.15, 0.2) is 546 Å². The van der Waals surface area contributed by atoms with E-state index in [1.807, 2.05) is 125 Å². The second-order valence-corrected chi connectivity index (χ2v) is 38.5. The van der Waals surface area contributed by atoms with Crippen LogP contribution < -0.4 is 14.7 Å². The molecule has 3 aromatic heterocycles. The third-order valence-electron chi connectivity index (χ3n) is 30.2. The van der Waals surface area contributed by atoms with Crippen LogP contribution in [0.1, 0.15) is 38.7 Å². The van der Waals surface area contributed by atoms with Crippen molar-refractivity contribution < 1.29 is 13.7 Å². The summed E-state index contributed by atoms with van der Waals surface area (Å²) in [5, 5.41) is 27.3. The molecule has 0 unspecified atom stereocenters. The van der Waals surface area contributed by atoms with Gasteiger partial charge in [-0.15, -0.1) is 0 Å². The first kappa shape index (κ1) is 75.7. The first-order valence-electron chi connectivity index (χ1n) is 55.0. The Morgan fingerprint density at radius 3 is 0.850 bits per heavy atom. The van der Waals surface area contributed by atoms with E-state index in [9.17, 15) is 2.74 Å². The summed E-state index contributed by atoms with van der Waals surface area (Å²) in [6.07, 6.45) is 0. The maximum atomic E-state index is 9.27. The highest BCUT2D eigenvalue weighted by Crippen LogP contribution is 2.54. The van der Waals surface area contributed by atoms with Gasteiger partial charge in [0.25, 0.3) is 0 Å². The maximum Gasteiger partial charge on any atom is 0.0645 e.